The van der Waals surface area contributed by atoms with E-state index in [0.29, 0.717) is 11.6 Å². The highest BCUT2D eigenvalue weighted by molar-refractivity contribution is 5.11. The highest BCUT2D eigenvalue weighted by Crippen LogP contribution is 2.05. The van der Waals surface area contributed by atoms with Gasteiger partial charge in [-0.3, -0.25) is 0 Å². The van der Waals surface area contributed by atoms with Crippen LogP contribution in [0.25, 0.3) is 0 Å². The number of aliphatic hydroxyl groups excluding tert-OH is 1. The van der Waals surface area contributed by atoms with Crippen LogP contribution < -0.4 is 4.74 Å². The van der Waals surface area contributed by atoms with Crippen LogP contribution in [0.4, 0.5) is 0 Å². The molecule has 66 valence electrons. The second kappa shape index (κ2) is 4.01. The van der Waals surface area contributed by atoms with E-state index in [0.717, 1.165) is 0 Å². The molecule has 0 aromatic carbocycles. The highest BCUT2D eigenvalue weighted by atomic mass is 16.5. The molecule has 0 saturated carbocycles. The highest BCUT2D eigenvalue weighted by Gasteiger charge is 1.97. The third-order valence-corrected chi connectivity index (χ3v) is 1.25. The Morgan fingerprint density at radius 1 is 1.50 bits per heavy atom. The molecule has 4 nitrogen and oxygen atoms in total. The lowest BCUT2D eigenvalue weighted by Crippen LogP contribution is -2.13. The van der Waals surface area contributed by atoms with Crippen LogP contribution in [0.15, 0.2) is 12.4 Å². The largest absolute Gasteiger partial charge is 0.488 e. The van der Waals surface area contributed by atoms with Gasteiger partial charge in [0.1, 0.15) is 12.4 Å². The molecular formula is C8H12N2O2. The molecule has 1 aromatic rings. The Kier molecular flexibility index (Phi) is 2.99. The summed E-state index contributed by atoms with van der Waals surface area (Å²) in [7, 11) is 0. The number of hydrogen-bond donors (Lipinski definition) is 1. The third kappa shape index (κ3) is 2.84. The van der Waals surface area contributed by atoms with Gasteiger partial charge >= 0.3 is 0 Å². The lowest BCUT2D eigenvalue weighted by atomic mass is 10.4. The van der Waals surface area contributed by atoms with E-state index < -0.39 is 6.10 Å². The first-order valence-corrected chi connectivity index (χ1v) is 3.78. The van der Waals surface area contributed by atoms with Gasteiger partial charge in [0.25, 0.3) is 0 Å². The van der Waals surface area contributed by atoms with Gasteiger partial charge in [-0.15, -0.1) is 0 Å². The number of nitrogens with zero attached hydrogens (tertiary/aromatic N) is 2. The maximum atomic E-state index is 8.90. The molecule has 1 aromatic heterocycles. The number of rotatable bonds is 3. The Hall–Kier alpha value is -1.16. The van der Waals surface area contributed by atoms with Crippen molar-refractivity contribution in [3.8, 4) is 5.75 Å². The first-order valence-electron chi connectivity index (χ1n) is 3.78. The smallest absolute Gasteiger partial charge is 0.156 e. The molecule has 4 heteroatoms. The summed E-state index contributed by atoms with van der Waals surface area (Å²) in [6.45, 7) is 3.74. The molecule has 1 N–H and O–H groups in total. The van der Waals surface area contributed by atoms with Crippen molar-refractivity contribution in [1.82, 2.24) is 9.97 Å². The molecule has 12 heavy (non-hydrogen) atoms. The summed E-state index contributed by atoms with van der Waals surface area (Å²) in [5, 5.41) is 8.90. The van der Waals surface area contributed by atoms with Gasteiger partial charge in [0.05, 0.1) is 18.5 Å². The molecule has 0 aliphatic carbocycles. The molecular weight excluding hydrogens is 156 g/mol. The maximum Gasteiger partial charge on any atom is 0.156 e. The summed E-state index contributed by atoms with van der Waals surface area (Å²) >= 11 is 0. The summed E-state index contributed by atoms with van der Waals surface area (Å²) in [4.78, 5) is 7.88. The Bertz CT molecular complexity index is 233. The van der Waals surface area contributed by atoms with Gasteiger partial charge in [-0.2, -0.15) is 0 Å². The average molecular weight is 168 g/mol. The Morgan fingerprint density at radius 3 is 2.58 bits per heavy atom. The van der Waals surface area contributed by atoms with Crippen molar-refractivity contribution < 1.29 is 9.84 Å². The van der Waals surface area contributed by atoms with Gasteiger partial charge in [0.15, 0.2) is 5.75 Å². The monoisotopic (exact) mass is 168 g/mol. The summed E-state index contributed by atoms with van der Waals surface area (Å²) in [5.41, 5.74) is 0. The molecule has 1 atom stereocenters. The Morgan fingerprint density at radius 2 is 2.08 bits per heavy atom. The van der Waals surface area contributed by atoms with Crippen molar-refractivity contribution in [2.24, 2.45) is 0 Å². The van der Waals surface area contributed by atoms with Crippen molar-refractivity contribution in [3.63, 3.8) is 0 Å². The first-order chi connectivity index (χ1) is 5.68. The summed E-state index contributed by atoms with van der Waals surface area (Å²) in [5.74, 6) is 1.29. The van der Waals surface area contributed by atoms with Gasteiger partial charge in [-0.1, -0.05) is 0 Å². The fourth-order valence-electron chi connectivity index (χ4n) is 0.672. The Balaban J connectivity index is 2.48. The van der Waals surface area contributed by atoms with Gasteiger partial charge in [-0.25, -0.2) is 9.97 Å². The lowest BCUT2D eigenvalue weighted by Gasteiger charge is -2.06. The lowest BCUT2D eigenvalue weighted by molar-refractivity contribution is 0.122. The normalized spacial score (nSPS) is 12.6. The molecule has 0 fully saturated rings. The van der Waals surface area contributed by atoms with Crippen molar-refractivity contribution in [2.75, 3.05) is 6.61 Å². The van der Waals surface area contributed by atoms with Crippen LogP contribution in [-0.2, 0) is 0 Å². The van der Waals surface area contributed by atoms with Crippen molar-refractivity contribution in [2.45, 2.75) is 20.0 Å². The zero-order valence-corrected chi connectivity index (χ0v) is 7.19. The van der Waals surface area contributed by atoms with Gasteiger partial charge in [-0.05, 0) is 13.8 Å². The topological polar surface area (TPSA) is 55.2 Å². The van der Waals surface area contributed by atoms with E-state index in [9.17, 15) is 0 Å². The number of aromatic nitrogens is 2. The van der Waals surface area contributed by atoms with Gasteiger partial charge in [0.2, 0.25) is 0 Å². The quantitative estimate of drug-likeness (QED) is 0.715. The van der Waals surface area contributed by atoms with E-state index in [1.807, 2.05) is 0 Å². The van der Waals surface area contributed by atoms with E-state index >= 15 is 0 Å². The van der Waals surface area contributed by atoms with Crippen molar-refractivity contribution in [1.29, 1.82) is 0 Å². The molecule has 0 amide bonds. The predicted molar refractivity (Wildman–Crippen MR) is 43.9 cm³/mol. The van der Waals surface area contributed by atoms with E-state index in [4.69, 9.17) is 9.84 Å². The first kappa shape index (κ1) is 8.93. The van der Waals surface area contributed by atoms with Crippen LogP contribution in [0.1, 0.15) is 12.7 Å². The zero-order valence-electron chi connectivity index (χ0n) is 7.19. The maximum absolute atomic E-state index is 8.90. The molecule has 1 rings (SSSR count). The van der Waals surface area contributed by atoms with E-state index in [1.54, 1.807) is 26.2 Å². The van der Waals surface area contributed by atoms with Crippen LogP contribution in [0, 0.1) is 6.92 Å². The summed E-state index contributed by atoms with van der Waals surface area (Å²) < 4.78 is 5.15. The molecule has 0 bridgehead atoms. The number of aryl methyl sites for hydroxylation is 1. The number of aliphatic hydroxyl groups is 1. The van der Waals surface area contributed by atoms with Crippen LogP contribution in [0.3, 0.4) is 0 Å². The Labute approximate surface area is 71.2 Å². The molecule has 1 unspecified atom stereocenters. The second-order valence-corrected chi connectivity index (χ2v) is 2.63. The fourth-order valence-corrected chi connectivity index (χ4v) is 0.672. The molecule has 1 heterocycles. The molecule has 0 spiro atoms. The van der Waals surface area contributed by atoms with Crippen LogP contribution in [0.2, 0.25) is 0 Å². The molecule has 0 radical (unpaired) electrons. The SMILES string of the molecule is Cc1ncc(OCC(C)O)cn1. The van der Waals surface area contributed by atoms with E-state index in [1.165, 1.54) is 0 Å². The van der Waals surface area contributed by atoms with Crippen LogP contribution in [-0.4, -0.2) is 27.8 Å². The summed E-state index contributed by atoms with van der Waals surface area (Å²) in [6, 6.07) is 0. The minimum Gasteiger partial charge on any atom is -0.488 e. The molecule has 0 saturated heterocycles. The van der Waals surface area contributed by atoms with Crippen LogP contribution >= 0.6 is 0 Å². The van der Waals surface area contributed by atoms with E-state index in [-0.39, 0.29) is 6.61 Å². The fraction of sp³-hybridized carbons (Fsp3) is 0.500. The average Bonchev–Trinajstić information content (AvgIpc) is 2.03. The van der Waals surface area contributed by atoms with Crippen molar-refractivity contribution in [3.05, 3.63) is 18.2 Å². The standard InChI is InChI=1S/C8H12N2O2/c1-6(11)5-12-8-3-9-7(2)10-4-8/h3-4,6,11H,5H2,1-2H3. The van der Waals surface area contributed by atoms with Crippen molar-refractivity contribution >= 4 is 0 Å². The number of ether oxygens (including phenoxy) is 1. The minimum absolute atomic E-state index is 0.270. The predicted octanol–water partition coefficient (Wildman–Crippen LogP) is 0.545. The van der Waals surface area contributed by atoms with Gasteiger partial charge in [0, 0.05) is 0 Å². The minimum atomic E-state index is -0.466. The molecule has 0 aliphatic rings. The van der Waals surface area contributed by atoms with Crippen LogP contribution in [0.5, 0.6) is 5.75 Å². The third-order valence-electron chi connectivity index (χ3n) is 1.25. The zero-order chi connectivity index (χ0) is 8.97. The van der Waals surface area contributed by atoms with Gasteiger partial charge < -0.3 is 9.84 Å². The molecule has 0 aliphatic heterocycles. The van der Waals surface area contributed by atoms with E-state index in [2.05, 4.69) is 9.97 Å². The summed E-state index contributed by atoms with van der Waals surface area (Å²) in [6.07, 6.45) is 2.71. The number of hydrogen-bond acceptors (Lipinski definition) is 4. The second-order valence-electron chi connectivity index (χ2n) is 2.63.